The SMILES string of the molecule is Nc1nc2nc(-c3ccc4c(c3)CCO4)[nH]c2c(=O)[nH]1. The Labute approximate surface area is 112 Å². The van der Waals surface area contributed by atoms with Gasteiger partial charge in [0.05, 0.1) is 6.61 Å². The van der Waals surface area contributed by atoms with Crippen molar-refractivity contribution in [2.24, 2.45) is 0 Å². The standard InChI is InChI=1S/C13H11N5O2/c14-13-17-11-9(12(19)18-13)15-10(16-11)7-1-2-8-6(5-7)3-4-20-8/h1-2,5H,3-4H2,(H4,14,15,16,17,18,19). The first-order valence-corrected chi connectivity index (χ1v) is 6.22. The number of anilines is 1. The molecule has 0 aliphatic carbocycles. The molecule has 0 fully saturated rings. The van der Waals surface area contributed by atoms with Gasteiger partial charge in [0.25, 0.3) is 5.56 Å². The summed E-state index contributed by atoms with van der Waals surface area (Å²) < 4.78 is 5.47. The summed E-state index contributed by atoms with van der Waals surface area (Å²) in [7, 11) is 0. The van der Waals surface area contributed by atoms with Crippen LogP contribution in [0.2, 0.25) is 0 Å². The van der Waals surface area contributed by atoms with Crippen molar-refractivity contribution in [1.82, 2.24) is 19.9 Å². The number of benzene rings is 1. The zero-order chi connectivity index (χ0) is 13.7. The predicted molar refractivity (Wildman–Crippen MR) is 73.6 cm³/mol. The molecule has 20 heavy (non-hydrogen) atoms. The molecule has 0 atom stereocenters. The second-order valence-corrected chi connectivity index (χ2v) is 4.66. The summed E-state index contributed by atoms with van der Waals surface area (Å²) in [6, 6.07) is 5.83. The number of nitrogens with two attached hydrogens (primary N) is 1. The monoisotopic (exact) mass is 269 g/mol. The number of rotatable bonds is 1. The van der Waals surface area contributed by atoms with Crippen LogP contribution in [0.15, 0.2) is 23.0 Å². The van der Waals surface area contributed by atoms with Gasteiger partial charge < -0.3 is 15.5 Å². The number of hydrogen-bond donors (Lipinski definition) is 3. The molecule has 0 spiro atoms. The Morgan fingerprint density at radius 1 is 1.25 bits per heavy atom. The van der Waals surface area contributed by atoms with Crippen LogP contribution in [0.25, 0.3) is 22.6 Å². The van der Waals surface area contributed by atoms with E-state index in [1.165, 1.54) is 0 Å². The molecule has 7 heteroatoms. The maximum absolute atomic E-state index is 11.8. The molecular formula is C13H11N5O2. The van der Waals surface area contributed by atoms with E-state index in [2.05, 4.69) is 19.9 Å². The van der Waals surface area contributed by atoms with E-state index in [-0.39, 0.29) is 11.5 Å². The predicted octanol–water partition coefficient (Wildman–Crippen LogP) is 0.830. The molecule has 0 saturated carbocycles. The van der Waals surface area contributed by atoms with Crippen molar-refractivity contribution in [2.75, 3.05) is 12.3 Å². The van der Waals surface area contributed by atoms with Crippen LogP contribution in [-0.2, 0) is 6.42 Å². The van der Waals surface area contributed by atoms with E-state index >= 15 is 0 Å². The Morgan fingerprint density at radius 2 is 2.15 bits per heavy atom. The zero-order valence-electron chi connectivity index (χ0n) is 10.4. The van der Waals surface area contributed by atoms with Gasteiger partial charge in [-0.25, -0.2) is 4.98 Å². The number of nitrogens with zero attached hydrogens (tertiary/aromatic N) is 2. The lowest BCUT2D eigenvalue weighted by atomic mass is 10.1. The lowest BCUT2D eigenvalue weighted by Crippen LogP contribution is -2.10. The molecule has 100 valence electrons. The summed E-state index contributed by atoms with van der Waals surface area (Å²) >= 11 is 0. The molecule has 4 rings (SSSR count). The van der Waals surface area contributed by atoms with Gasteiger partial charge in [0, 0.05) is 12.0 Å². The van der Waals surface area contributed by atoms with E-state index in [1.54, 1.807) is 0 Å². The van der Waals surface area contributed by atoms with Gasteiger partial charge in [-0.05, 0) is 23.8 Å². The summed E-state index contributed by atoms with van der Waals surface area (Å²) in [5.74, 6) is 1.56. The number of aromatic amines is 2. The van der Waals surface area contributed by atoms with Crippen molar-refractivity contribution in [3.63, 3.8) is 0 Å². The van der Waals surface area contributed by atoms with Crippen molar-refractivity contribution < 1.29 is 4.74 Å². The number of nitrogens with one attached hydrogen (secondary N) is 2. The van der Waals surface area contributed by atoms with Crippen LogP contribution in [0.1, 0.15) is 5.56 Å². The van der Waals surface area contributed by atoms with Gasteiger partial charge in [0.1, 0.15) is 11.6 Å². The molecule has 1 aliphatic heterocycles. The molecule has 0 radical (unpaired) electrons. The van der Waals surface area contributed by atoms with E-state index in [9.17, 15) is 4.79 Å². The second kappa shape index (κ2) is 3.83. The van der Waals surface area contributed by atoms with Gasteiger partial charge in [0.2, 0.25) is 5.95 Å². The molecule has 1 aliphatic rings. The first-order valence-electron chi connectivity index (χ1n) is 6.22. The van der Waals surface area contributed by atoms with Crippen LogP contribution >= 0.6 is 0 Å². The fourth-order valence-electron chi connectivity index (χ4n) is 2.39. The second-order valence-electron chi connectivity index (χ2n) is 4.66. The smallest absolute Gasteiger partial charge is 0.278 e. The highest BCUT2D eigenvalue weighted by Gasteiger charge is 2.15. The van der Waals surface area contributed by atoms with E-state index in [0.717, 1.165) is 23.3 Å². The number of H-pyrrole nitrogens is 2. The summed E-state index contributed by atoms with van der Waals surface area (Å²) in [4.78, 5) is 25.5. The number of nitrogen functional groups attached to an aromatic ring is 1. The van der Waals surface area contributed by atoms with Gasteiger partial charge in [-0.1, -0.05) is 0 Å². The highest BCUT2D eigenvalue weighted by Crippen LogP contribution is 2.29. The minimum Gasteiger partial charge on any atom is -0.493 e. The summed E-state index contributed by atoms with van der Waals surface area (Å²) in [6.45, 7) is 0.705. The Hall–Kier alpha value is -2.83. The first-order chi connectivity index (χ1) is 9.70. The summed E-state index contributed by atoms with van der Waals surface area (Å²) in [5, 5.41) is 0. The largest absolute Gasteiger partial charge is 0.493 e. The number of fused-ring (bicyclic) bond motifs is 2. The number of imidazole rings is 1. The van der Waals surface area contributed by atoms with Gasteiger partial charge in [0.15, 0.2) is 11.2 Å². The third-order valence-electron chi connectivity index (χ3n) is 3.34. The Balaban J connectivity index is 1.90. The normalized spacial score (nSPS) is 13.4. The van der Waals surface area contributed by atoms with E-state index in [4.69, 9.17) is 10.5 Å². The summed E-state index contributed by atoms with van der Waals surface area (Å²) in [6.07, 6.45) is 0.884. The molecule has 4 N–H and O–H groups in total. The molecule has 0 saturated heterocycles. The molecule has 0 unspecified atom stereocenters. The van der Waals surface area contributed by atoms with Crippen molar-refractivity contribution in [2.45, 2.75) is 6.42 Å². The highest BCUT2D eigenvalue weighted by atomic mass is 16.5. The van der Waals surface area contributed by atoms with Gasteiger partial charge in [-0.2, -0.15) is 4.98 Å². The van der Waals surface area contributed by atoms with E-state index in [0.29, 0.717) is 23.6 Å². The molecule has 0 amide bonds. The maximum Gasteiger partial charge on any atom is 0.278 e. The molecule has 7 nitrogen and oxygen atoms in total. The third-order valence-corrected chi connectivity index (χ3v) is 3.34. The Kier molecular flexibility index (Phi) is 2.11. The van der Waals surface area contributed by atoms with Crippen molar-refractivity contribution in [3.8, 4) is 17.1 Å². The highest BCUT2D eigenvalue weighted by molar-refractivity contribution is 5.76. The Morgan fingerprint density at radius 3 is 3.05 bits per heavy atom. The number of ether oxygens (including phenoxy) is 1. The van der Waals surface area contributed by atoms with Gasteiger partial charge in [-0.15, -0.1) is 0 Å². The van der Waals surface area contributed by atoms with Crippen molar-refractivity contribution >= 4 is 17.1 Å². The van der Waals surface area contributed by atoms with E-state index < -0.39 is 0 Å². The molecule has 3 aromatic rings. The van der Waals surface area contributed by atoms with Gasteiger partial charge in [-0.3, -0.25) is 9.78 Å². The lowest BCUT2D eigenvalue weighted by molar-refractivity contribution is 0.357. The Bertz CT molecular complexity index is 880. The van der Waals surface area contributed by atoms with Crippen LogP contribution in [-0.4, -0.2) is 26.5 Å². The average Bonchev–Trinajstić information content (AvgIpc) is 3.03. The van der Waals surface area contributed by atoms with Crippen LogP contribution in [0.5, 0.6) is 5.75 Å². The first kappa shape index (κ1) is 11.0. The van der Waals surface area contributed by atoms with E-state index in [1.807, 2.05) is 18.2 Å². The number of hydrogen-bond acceptors (Lipinski definition) is 5. The fraction of sp³-hybridized carbons (Fsp3) is 0.154. The van der Waals surface area contributed by atoms with Crippen molar-refractivity contribution in [1.29, 1.82) is 0 Å². The van der Waals surface area contributed by atoms with Crippen molar-refractivity contribution in [3.05, 3.63) is 34.1 Å². The minimum absolute atomic E-state index is 0.0582. The molecule has 3 heterocycles. The minimum atomic E-state index is -0.323. The topological polar surface area (TPSA) is 110 Å². The number of aromatic nitrogens is 4. The van der Waals surface area contributed by atoms with Gasteiger partial charge >= 0.3 is 0 Å². The molecule has 1 aromatic carbocycles. The maximum atomic E-state index is 11.8. The van der Waals surface area contributed by atoms with Crippen LogP contribution in [0, 0.1) is 0 Å². The third kappa shape index (κ3) is 1.56. The quantitative estimate of drug-likeness (QED) is 0.606. The zero-order valence-corrected chi connectivity index (χ0v) is 10.4. The molecule has 0 bridgehead atoms. The summed E-state index contributed by atoms with van der Waals surface area (Å²) in [5.41, 5.74) is 7.87. The van der Waals surface area contributed by atoms with Crippen LogP contribution < -0.4 is 16.0 Å². The molecular weight excluding hydrogens is 258 g/mol. The lowest BCUT2D eigenvalue weighted by Gasteiger charge is -2.00. The van der Waals surface area contributed by atoms with Crippen LogP contribution in [0.4, 0.5) is 5.95 Å². The average molecular weight is 269 g/mol. The fourth-order valence-corrected chi connectivity index (χ4v) is 2.39. The molecule has 2 aromatic heterocycles. The van der Waals surface area contributed by atoms with Crippen LogP contribution in [0.3, 0.4) is 0 Å².